The molecule has 2 aromatic carbocycles. The van der Waals surface area contributed by atoms with Crippen molar-refractivity contribution < 1.29 is 18.0 Å². The maximum atomic E-state index is 12.6. The van der Waals surface area contributed by atoms with Crippen molar-refractivity contribution in [1.82, 2.24) is 10.0 Å². The van der Waals surface area contributed by atoms with Crippen LogP contribution in [-0.4, -0.2) is 25.9 Å². The Morgan fingerprint density at radius 1 is 1.00 bits per heavy atom. The number of nitrogens with two attached hydrogens (primary N) is 1. The van der Waals surface area contributed by atoms with E-state index in [4.69, 9.17) is 5.73 Å². The Labute approximate surface area is 164 Å². The van der Waals surface area contributed by atoms with Gasteiger partial charge in [-0.1, -0.05) is 36.4 Å². The number of nitrogens with one attached hydrogen (secondary N) is 3. The van der Waals surface area contributed by atoms with Crippen molar-refractivity contribution in [1.29, 1.82) is 0 Å². The quantitative estimate of drug-likeness (QED) is 0.586. The fourth-order valence-electron chi connectivity index (χ4n) is 2.52. The summed E-state index contributed by atoms with van der Waals surface area (Å²) in [6, 6.07) is 12.9. The van der Waals surface area contributed by atoms with Crippen LogP contribution in [0.2, 0.25) is 0 Å². The van der Waals surface area contributed by atoms with Gasteiger partial charge >= 0.3 is 6.03 Å². The molecule has 0 unspecified atom stereocenters. The third-order valence-corrected chi connectivity index (χ3v) is 5.29. The number of hydrogen-bond acceptors (Lipinski definition) is 5. The minimum absolute atomic E-state index is 0.0505. The first-order valence-corrected chi connectivity index (χ1v) is 10.0. The topological polar surface area (TPSA) is 130 Å². The van der Waals surface area contributed by atoms with Gasteiger partial charge in [-0.05, 0) is 44.5 Å². The van der Waals surface area contributed by atoms with Gasteiger partial charge in [0.2, 0.25) is 10.0 Å². The predicted molar refractivity (Wildman–Crippen MR) is 107 cm³/mol. The van der Waals surface area contributed by atoms with Crippen LogP contribution >= 0.6 is 0 Å². The number of primary amides is 1. The Morgan fingerprint density at radius 2 is 1.64 bits per heavy atom. The zero-order valence-electron chi connectivity index (χ0n) is 15.9. The van der Waals surface area contributed by atoms with Gasteiger partial charge in [-0.25, -0.2) is 17.9 Å². The summed E-state index contributed by atoms with van der Waals surface area (Å²) in [5.41, 5.74) is 5.39. The maximum absolute atomic E-state index is 12.6. The monoisotopic (exact) mass is 404 g/mol. The zero-order chi connectivity index (χ0) is 20.9. The molecular weight excluding hydrogens is 380 g/mol. The summed E-state index contributed by atoms with van der Waals surface area (Å²) in [5.74, 6) is -0.653. The van der Waals surface area contributed by atoms with Crippen molar-refractivity contribution in [3.63, 3.8) is 0 Å². The molecule has 3 amide bonds. The number of amides is 3. The summed E-state index contributed by atoms with van der Waals surface area (Å²) in [5, 5.41) is 5.01. The molecule has 0 aliphatic heterocycles. The summed E-state index contributed by atoms with van der Waals surface area (Å²) in [6.07, 6.45) is 0. The lowest BCUT2D eigenvalue weighted by atomic mass is 10.1. The second-order valence-electron chi connectivity index (χ2n) is 7.22. The van der Waals surface area contributed by atoms with Crippen molar-refractivity contribution in [2.75, 3.05) is 5.32 Å². The van der Waals surface area contributed by atoms with Gasteiger partial charge in [0, 0.05) is 11.2 Å². The highest BCUT2D eigenvalue weighted by Crippen LogP contribution is 2.23. The van der Waals surface area contributed by atoms with E-state index in [9.17, 15) is 18.0 Å². The fraction of sp³-hybridized carbons (Fsp3) is 0.263. The van der Waals surface area contributed by atoms with Crippen molar-refractivity contribution >= 4 is 27.6 Å². The lowest BCUT2D eigenvalue weighted by Gasteiger charge is -2.22. The van der Waals surface area contributed by atoms with Crippen LogP contribution in [0.3, 0.4) is 0 Å². The van der Waals surface area contributed by atoms with E-state index in [0.29, 0.717) is 11.3 Å². The molecule has 8 nitrogen and oxygen atoms in total. The van der Waals surface area contributed by atoms with E-state index < -0.39 is 33.5 Å². The number of sulfonamides is 1. The third-order valence-electron chi connectivity index (χ3n) is 3.54. The van der Waals surface area contributed by atoms with E-state index in [1.807, 2.05) is 5.32 Å². The summed E-state index contributed by atoms with van der Waals surface area (Å²) in [6.45, 7) is 5.23. The highest BCUT2D eigenvalue weighted by molar-refractivity contribution is 7.89. The molecule has 0 spiro atoms. The van der Waals surface area contributed by atoms with Gasteiger partial charge in [-0.15, -0.1) is 0 Å². The Morgan fingerprint density at radius 3 is 2.21 bits per heavy atom. The molecule has 0 aliphatic carbocycles. The molecule has 0 aromatic heterocycles. The van der Waals surface area contributed by atoms with Crippen LogP contribution in [0.1, 0.15) is 32.4 Å². The average molecular weight is 404 g/mol. The molecule has 0 saturated carbocycles. The van der Waals surface area contributed by atoms with E-state index in [2.05, 4.69) is 10.0 Å². The normalized spacial score (nSPS) is 12.8. The van der Waals surface area contributed by atoms with Crippen LogP contribution in [0.25, 0.3) is 0 Å². The van der Waals surface area contributed by atoms with Crippen LogP contribution in [-0.2, 0) is 14.8 Å². The molecule has 0 heterocycles. The van der Waals surface area contributed by atoms with Gasteiger partial charge in [0.1, 0.15) is 6.04 Å². The van der Waals surface area contributed by atoms with Crippen molar-refractivity contribution in [3.8, 4) is 0 Å². The van der Waals surface area contributed by atoms with Crippen LogP contribution in [0.5, 0.6) is 0 Å². The van der Waals surface area contributed by atoms with Crippen LogP contribution in [0.15, 0.2) is 59.5 Å². The van der Waals surface area contributed by atoms with E-state index in [-0.39, 0.29) is 4.90 Å². The lowest BCUT2D eigenvalue weighted by Crippen LogP contribution is -2.41. The smallest absolute Gasteiger partial charge is 0.318 e. The van der Waals surface area contributed by atoms with Gasteiger partial charge < -0.3 is 11.1 Å². The Balaban J connectivity index is 2.35. The molecule has 5 N–H and O–H groups in total. The molecule has 150 valence electrons. The standard InChI is InChI=1S/C19H24N4O4S/c1-19(2,3)23-28(26,27)15-11-7-10-14(12-15)21-16(17(24)22-18(20)25)13-8-5-4-6-9-13/h4-12,16,21,23H,1-3H3,(H3,20,22,24,25)/t16-/m0/s1. The number of anilines is 1. The molecule has 28 heavy (non-hydrogen) atoms. The van der Waals surface area contributed by atoms with Gasteiger partial charge in [-0.2, -0.15) is 0 Å². The molecule has 9 heteroatoms. The van der Waals surface area contributed by atoms with Crippen molar-refractivity contribution in [3.05, 3.63) is 60.2 Å². The SMILES string of the molecule is CC(C)(C)NS(=O)(=O)c1cccc(N[C@H](C(=O)NC(N)=O)c2ccccc2)c1. The van der Waals surface area contributed by atoms with Crippen LogP contribution < -0.4 is 21.1 Å². The Hall–Kier alpha value is -2.91. The first kappa shape index (κ1) is 21.4. The summed E-state index contributed by atoms with van der Waals surface area (Å²) < 4.78 is 27.7. The molecular formula is C19H24N4O4S. The number of rotatable bonds is 6. The first-order chi connectivity index (χ1) is 13.0. The maximum Gasteiger partial charge on any atom is 0.318 e. The van der Waals surface area contributed by atoms with E-state index in [0.717, 1.165) is 0 Å². The number of carbonyl (C=O) groups excluding carboxylic acids is 2. The number of benzene rings is 2. The Bertz CT molecular complexity index is 953. The highest BCUT2D eigenvalue weighted by Gasteiger charge is 2.24. The average Bonchev–Trinajstić information content (AvgIpc) is 2.58. The molecule has 0 aliphatic rings. The summed E-state index contributed by atoms with van der Waals surface area (Å²) in [7, 11) is -3.74. The molecule has 0 bridgehead atoms. The van der Waals surface area contributed by atoms with E-state index in [1.54, 1.807) is 63.2 Å². The van der Waals surface area contributed by atoms with Crippen LogP contribution in [0, 0.1) is 0 Å². The largest absolute Gasteiger partial charge is 0.370 e. The second-order valence-corrected chi connectivity index (χ2v) is 8.91. The van der Waals surface area contributed by atoms with Gasteiger partial charge in [0.25, 0.3) is 5.91 Å². The molecule has 0 fully saturated rings. The molecule has 0 saturated heterocycles. The highest BCUT2D eigenvalue weighted by atomic mass is 32.2. The minimum atomic E-state index is -3.74. The number of hydrogen-bond donors (Lipinski definition) is 4. The molecule has 2 aromatic rings. The fourth-order valence-corrected chi connectivity index (χ4v) is 3.98. The minimum Gasteiger partial charge on any atom is -0.370 e. The van der Waals surface area contributed by atoms with Gasteiger partial charge in [0.15, 0.2) is 0 Å². The lowest BCUT2D eigenvalue weighted by molar-refractivity contribution is -0.120. The van der Waals surface area contributed by atoms with E-state index in [1.165, 1.54) is 12.1 Å². The molecule has 2 rings (SSSR count). The molecule has 0 radical (unpaired) electrons. The third kappa shape index (κ3) is 6.07. The van der Waals surface area contributed by atoms with Gasteiger partial charge in [-0.3, -0.25) is 10.1 Å². The number of carbonyl (C=O) groups is 2. The van der Waals surface area contributed by atoms with Crippen molar-refractivity contribution in [2.45, 2.75) is 37.2 Å². The second kappa shape index (κ2) is 8.41. The zero-order valence-corrected chi connectivity index (χ0v) is 16.7. The number of urea groups is 1. The predicted octanol–water partition coefficient (Wildman–Crippen LogP) is 2.11. The summed E-state index contributed by atoms with van der Waals surface area (Å²) in [4.78, 5) is 23.6. The molecule has 1 atom stereocenters. The first-order valence-electron chi connectivity index (χ1n) is 8.54. The van der Waals surface area contributed by atoms with Crippen molar-refractivity contribution in [2.24, 2.45) is 5.73 Å². The van der Waals surface area contributed by atoms with Gasteiger partial charge in [0.05, 0.1) is 4.90 Å². The van der Waals surface area contributed by atoms with E-state index >= 15 is 0 Å². The summed E-state index contributed by atoms with van der Waals surface area (Å²) >= 11 is 0. The van der Waals surface area contributed by atoms with Crippen LogP contribution in [0.4, 0.5) is 10.5 Å². The number of imide groups is 1. The Kier molecular flexibility index (Phi) is 6.42.